The van der Waals surface area contributed by atoms with Gasteiger partial charge in [0, 0.05) is 21.0 Å². The molecule has 0 fully saturated rings. The minimum absolute atomic E-state index is 0.461. The highest BCUT2D eigenvalue weighted by Crippen LogP contribution is 2.42. The maximum absolute atomic E-state index is 10.5. The molecule has 20 heavy (non-hydrogen) atoms. The number of fused-ring (bicyclic) bond motifs is 1. The van der Waals surface area contributed by atoms with Gasteiger partial charge in [0.15, 0.2) is 11.5 Å². The van der Waals surface area contributed by atoms with Crippen molar-refractivity contribution in [2.24, 2.45) is 0 Å². The Balaban J connectivity index is 2.00. The number of rotatable bonds is 2. The summed E-state index contributed by atoms with van der Waals surface area (Å²) in [6, 6.07) is 5.29. The van der Waals surface area contributed by atoms with Gasteiger partial charge in [0.2, 0.25) is 0 Å². The molecule has 0 saturated heterocycles. The molecular formula is C13H9Br2ClO3S. The maximum Gasteiger partial charge on any atom is 0.162 e. The smallest absolute Gasteiger partial charge is 0.162 e. The van der Waals surface area contributed by atoms with Crippen LogP contribution in [-0.4, -0.2) is 18.3 Å². The fourth-order valence-corrected chi connectivity index (χ4v) is 4.29. The van der Waals surface area contributed by atoms with Gasteiger partial charge in [-0.05, 0) is 44.0 Å². The Bertz CT molecular complexity index is 640. The van der Waals surface area contributed by atoms with Crippen LogP contribution in [-0.2, 0) is 0 Å². The van der Waals surface area contributed by atoms with Crippen LogP contribution in [0.5, 0.6) is 11.5 Å². The van der Waals surface area contributed by atoms with Crippen LogP contribution < -0.4 is 9.47 Å². The molecule has 0 radical (unpaired) electrons. The van der Waals surface area contributed by atoms with Crippen molar-refractivity contribution in [3.05, 3.63) is 41.9 Å². The number of aliphatic hydroxyl groups excluding tert-OH is 1. The summed E-state index contributed by atoms with van der Waals surface area (Å²) < 4.78 is 12.8. The zero-order valence-corrected chi connectivity index (χ0v) is 14.8. The number of aliphatic hydroxyl groups is 1. The van der Waals surface area contributed by atoms with E-state index in [1.165, 1.54) is 11.3 Å². The van der Waals surface area contributed by atoms with E-state index in [1.807, 2.05) is 6.07 Å². The van der Waals surface area contributed by atoms with Crippen molar-refractivity contribution in [1.29, 1.82) is 0 Å². The summed E-state index contributed by atoms with van der Waals surface area (Å²) >= 11 is 14.5. The molecule has 0 spiro atoms. The van der Waals surface area contributed by atoms with Crippen LogP contribution in [0.4, 0.5) is 0 Å². The molecule has 1 aromatic carbocycles. The summed E-state index contributed by atoms with van der Waals surface area (Å²) in [5.41, 5.74) is 0.608. The highest BCUT2D eigenvalue weighted by atomic mass is 79.9. The van der Waals surface area contributed by atoms with Crippen LogP contribution in [0.1, 0.15) is 16.5 Å². The Morgan fingerprint density at radius 1 is 1.15 bits per heavy atom. The molecule has 1 aliphatic heterocycles. The molecule has 106 valence electrons. The van der Waals surface area contributed by atoms with Gasteiger partial charge < -0.3 is 14.6 Å². The van der Waals surface area contributed by atoms with Crippen molar-refractivity contribution >= 4 is 54.8 Å². The molecule has 1 aliphatic rings. The summed E-state index contributed by atoms with van der Waals surface area (Å²) in [5, 5.41) is 11.0. The lowest BCUT2D eigenvalue weighted by molar-refractivity contribution is 0.170. The van der Waals surface area contributed by atoms with Gasteiger partial charge in [0.05, 0.1) is 8.81 Å². The summed E-state index contributed by atoms with van der Waals surface area (Å²) in [6.07, 6.45) is -0.800. The number of benzene rings is 1. The van der Waals surface area contributed by atoms with Gasteiger partial charge in [-0.1, -0.05) is 11.6 Å². The van der Waals surface area contributed by atoms with Gasteiger partial charge >= 0.3 is 0 Å². The third-order valence-corrected chi connectivity index (χ3v) is 6.53. The first-order chi connectivity index (χ1) is 9.56. The Labute approximate surface area is 141 Å². The van der Waals surface area contributed by atoms with E-state index in [9.17, 15) is 5.11 Å². The van der Waals surface area contributed by atoms with Gasteiger partial charge in [0.1, 0.15) is 19.3 Å². The van der Waals surface area contributed by atoms with Gasteiger partial charge in [-0.25, -0.2) is 0 Å². The molecule has 3 rings (SSSR count). The number of ether oxygens (including phenoxy) is 2. The predicted molar refractivity (Wildman–Crippen MR) is 86.2 cm³/mol. The standard InChI is InChI=1S/C13H9Br2ClO3S/c14-7-4-11(20-13(7)15)12(17)6-3-9-10(5-8(6)16)19-2-1-18-9/h3-5,12,17H,1-2H2. The monoisotopic (exact) mass is 438 g/mol. The highest BCUT2D eigenvalue weighted by molar-refractivity contribution is 9.13. The SMILES string of the molecule is OC(c1cc(Br)c(Br)s1)c1cc2c(cc1Cl)OCCO2. The van der Waals surface area contributed by atoms with E-state index < -0.39 is 6.10 Å². The van der Waals surface area contributed by atoms with Crippen molar-refractivity contribution in [3.63, 3.8) is 0 Å². The van der Waals surface area contributed by atoms with Crippen molar-refractivity contribution in [2.75, 3.05) is 13.2 Å². The molecule has 1 unspecified atom stereocenters. The van der Waals surface area contributed by atoms with Crippen LogP contribution in [0.25, 0.3) is 0 Å². The Morgan fingerprint density at radius 3 is 2.40 bits per heavy atom. The van der Waals surface area contributed by atoms with E-state index in [0.717, 1.165) is 13.1 Å². The maximum atomic E-state index is 10.5. The third-order valence-electron chi connectivity index (χ3n) is 2.89. The van der Waals surface area contributed by atoms with Crippen molar-refractivity contribution < 1.29 is 14.6 Å². The molecule has 0 amide bonds. The minimum atomic E-state index is -0.800. The zero-order chi connectivity index (χ0) is 14.3. The molecule has 7 heteroatoms. The van der Waals surface area contributed by atoms with Crippen LogP contribution in [0.3, 0.4) is 0 Å². The summed E-state index contributed by atoms with van der Waals surface area (Å²) in [4.78, 5) is 0.794. The zero-order valence-electron chi connectivity index (χ0n) is 10.0. The average Bonchev–Trinajstić information content (AvgIpc) is 2.77. The number of hydrogen-bond acceptors (Lipinski definition) is 4. The quantitative estimate of drug-likeness (QED) is 0.731. The van der Waals surface area contributed by atoms with Gasteiger partial charge in [0.25, 0.3) is 0 Å². The number of halogens is 3. The topological polar surface area (TPSA) is 38.7 Å². The van der Waals surface area contributed by atoms with Crippen LogP contribution >= 0.6 is 54.8 Å². The number of hydrogen-bond donors (Lipinski definition) is 1. The molecule has 3 nitrogen and oxygen atoms in total. The van der Waals surface area contributed by atoms with Crippen LogP contribution in [0, 0.1) is 0 Å². The fraction of sp³-hybridized carbons (Fsp3) is 0.231. The second kappa shape index (κ2) is 5.85. The van der Waals surface area contributed by atoms with Gasteiger partial charge in [-0.2, -0.15) is 0 Å². The first-order valence-electron chi connectivity index (χ1n) is 5.78. The summed E-state index contributed by atoms with van der Waals surface area (Å²) in [5.74, 6) is 1.23. The highest BCUT2D eigenvalue weighted by Gasteiger charge is 2.22. The molecule has 1 aromatic heterocycles. The van der Waals surface area contributed by atoms with Crippen molar-refractivity contribution in [2.45, 2.75) is 6.10 Å². The van der Waals surface area contributed by atoms with E-state index in [0.29, 0.717) is 35.3 Å². The Hall–Kier alpha value is -0.270. The van der Waals surface area contributed by atoms with Crippen molar-refractivity contribution in [3.8, 4) is 11.5 Å². The lowest BCUT2D eigenvalue weighted by atomic mass is 10.1. The van der Waals surface area contributed by atoms with Crippen LogP contribution in [0.2, 0.25) is 5.02 Å². The van der Waals surface area contributed by atoms with E-state index >= 15 is 0 Å². The lowest BCUT2D eigenvalue weighted by Crippen LogP contribution is -2.16. The first kappa shape index (κ1) is 14.7. The normalized spacial score (nSPS) is 15.2. The molecule has 2 aromatic rings. The van der Waals surface area contributed by atoms with Crippen molar-refractivity contribution in [1.82, 2.24) is 0 Å². The molecule has 2 heterocycles. The second-order valence-electron chi connectivity index (χ2n) is 4.19. The summed E-state index contributed by atoms with van der Waals surface area (Å²) in [6.45, 7) is 1.01. The third kappa shape index (κ3) is 2.72. The lowest BCUT2D eigenvalue weighted by Gasteiger charge is -2.21. The van der Waals surface area contributed by atoms with E-state index in [1.54, 1.807) is 12.1 Å². The number of thiophene rings is 1. The molecule has 1 atom stereocenters. The predicted octanol–water partition coefficient (Wildman–Crippen LogP) is 4.78. The molecule has 0 aliphatic carbocycles. The first-order valence-corrected chi connectivity index (χ1v) is 8.56. The minimum Gasteiger partial charge on any atom is -0.486 e. The average molecular weight is 441 g/mol. The summed E-state index contributed by atoms with van der Waals surface area (Å²) in [7, 11) is 0. The van der Waals surface area contributed by atoms with Gasteiger partial charge in [-0.3, -0.25) is 0 Å². The van der Waals surface area contributed by atoms with Gasteiger partial charge in [-0.15, -0.1) is 11.3 Å². The van der Waals surface area contributed by atoms with E-state index in [2.05, 4.69) is 31.9 Å². The fourth-order valence-electron chi connectivity index (χ4n) is 1.94. The largest absolute Gasteiger partial charge is 0.486 e. The molecule has 0 bridgehead atoms. The van der Waals surface area contributed by atoms with E-state index in [-0.39, 0.29) is 0 Å². The molecule has 0 saturated carbocycles. The molecular weight excluding hydrogens is 431 g/mol. The van der Waals surface area contributed by atoms with Crippen LogP contribution in [0.15, 0.2) is 26.5 Å². The van der Waals surface area contributed by atoms with E-state index in [4.69, 9.17) is 21.1 Å². The molecule has 1 N–H and O–H groups in total. The Morgan fingerprint density at radius 2 is 1.80 bits per heavy atom. The second-order valence-corrected chi connectivity index (χ2v) is 7.85. The Kier molecular flexibility index (Phi) is 4.29.